The number of methoxy groups -OCH3 is 1. The van der Waals surface area contributed by atoms with Crippen LogP contribution in [0.3, 0.4) is 0 Å². The highest BCUT2D eigenvalue weighted by molar-refractivity contribution is 6.30. The fourth-order valence-electron chi connectivity index (χ4n) is 7.02. The van der Waals surface area contributed by atoms with E-state index < -0.39 is 5.92 Å². The second kappa shape index (κ2) is 11.4. The molecule has 6 heteroatoms. The van der Waals surface area contributed by atoms with Gasteiger partial charge in [0.05, 0.1) is 7.11 Å². The fourth-order valence-corrected chi connectivity index (χ4v) is 7.23. The van der Waals surface area contributed by atoms with Gasteiger partial charge in [-0.1, -0.05) is 63.6 Å². The summed E-state index contributed by atoms with van der Waals surface area (Å²) in [4.78, 5) is 30.3. The van der Waals surface area contributed by atoms with Crippen molar-refractivity contribution in [2.24, 2.45) is 10.8 Å². The molecule has 3 aliphatic rings. The van der Waals surface area contributed by atoms with E-state index in [1.165, 1.54) is 0 Å². The molecule has 1 aliphatic heterocycles. The maximum absolute atomic E-state index is 14.0. The highest BCUT2D eigenvalue weighted by atomic mass is 35.5. The number of ether oxygens (including phenoxy) is 2. The SMILES string of the molecule is C=CCc1cc(C2C3=C(CC(C)(C)CC3=O)N(CC)C3=C2C(=O)CC(C)(C)C3)cc(OC)c1OCc1cccc(Cl)c1. The second-order valence-corrected chi connectivity index (χ2v) is 13.8. The van der Waals surface area contributed by atoms with E-state index in [2.05, 4.69) is 52.2 Å². The lowest BCUT2D eigenvalue weighted by atomic mass is 9.63. The van der Waals surface area contributed by atoms with Gasteiger partial charge in [-0.15, -0.1) is 6.58 Å². The third kappa shape index (κ3) is 5.68. The molecule has 1 heterocycles. The molecule has 5 nitrogen and oxygen atoms in total. The molecule has 5 rings (SSSR count). The molecule has 0 amide bonds. The third-order valence-corrected chi connectivity index (χ3v) is 8.92. The lowest BCUT2D eigenvalue weighted by molar-refractivity contribution is -0.119. The Hall–Kier alpha value is -3.31. The van der Waals surface area contributed by atoms with Crippen molar-refractivity contribution >= 4 is 23.2 Å². The molecule has 0 saturated carbocycles. The lowest BCUT2D eigenvalue weighted by Crippen LogP contribution is -2.44. The summed E-state index contributed by atoms with van der Waals surface area (Å²) in [7, 11) is 1.63. The van der Waals surface area contributed by atoms with Crippen molar-refractivity contribution in [3.63, 3.8) is 0 Å². The minimum atomic E-state index is -0.440. The molecule has 2 aliphatic carbocycles. The summed E-state index contributed by atoms with van der Waals surface area (Å²) in [6.07, 6.45) is 4.88. The molecule has 0 fully saturated rings. The predicted octanol–water partition coefficient (Wildman–Crippen LogP) is 8.36. The van der Waals surface area contributed by atoms with Gasteiger partial charge in [0.1, 0.15) is 6.61 Å². The molecule has 0 N–H and O–H groups in total. The van der Waals surface area contributed by atoms with Crippen molar-refractivity contribution in [1.82, 2.24) is 4.90 Å². The molecular formula is C36H42ClNO4. The topological polar surface area (TPSA) is 55.8 Å². The van der Waals surface area contributed by atoms with E-state index in [0.29, 0.717) is 42.4 Å². The number of carbonyl (C=O) groups is 2. The van der Waals surface area contributed by atoms with E-state index in [4.69, 9.17) is 21.1 Å². The maximum Gasteiger partial charge on any atom is 0.165 e. The van der Waals surface area contributed by atoms with E-state index >= 15 is 0 Å². The molecule has 2 aromatic rings. The normalized spacial score (nSPS) is 19.9. The molecule has 2 aromatic carbocycles. The number of rotatable bonds is 8. The van der Waals surface area contributed by atoms with E-state index in [-0.39, 0.29) is 22.4 Å². The number of Topliss-reactive ketones (excluding diaryl/α,β-unsaturated/α-hetero) is 2. The van der Waals surface area contributed by atoms with Gasteiger partial charge in [0.2, 0.25) is 0 Å². The van der Waals surface area contributed by atoms with E-state index in [1.54, 1.807) is 7.11 Å². The zero-order valence-corrected chi connectivity index (χ0v) is 26.5. The first-order valence-corrected chi connectivity index (χ1v) is 15.2. The number of nitrogens with zero attached hydrogens (tertiary/aromatic N) is 1. The Bertz CT molecular complexity index is 1460. The number of ketones is 2. The third-order valence-electron chi connectivity index (χ3n) is 8.68. The minimum Gasteiger partial charge on any atom is -0.493 e. The Kier molecular flexibility index (Phi) is 8.19. The second-order valence-electron chi connectivity index (χ2n) is 13.4. The van der Waals surface area contributed by atoms with Crippen LogP contribution >= 0.6 is 11.6 Å². The van der Waals surface area contributed by atoms with Gasteiger partial charge < -0.3 is 14.4 Å². The first-order chi connectivity index (χ1) is 19.9. The predicted molar refractivity (Wildman–Crippen MR) is 168 cm³/mol. The van der Waals surface area contributed by atoms with Crippen LogP contribution in [0.15, 0.2) is 71.6 Å². The number of hydrogen-bond donors (Lipinski definition) is 0. The van der Waals surface area contributed by atoms with Crippen molar-refractivity contribution in [2.45, 2.75) is 79.2 Å². The first-order valence-electron chi connectivity index (χ1n) is 14.9. The van der Waals surface area contributed by atoms with E-state index in [9.17, 15) is 9.59 Å². The van der Waals surface area contributed by atoms with Gasteiger partial charge in [-0.25, -0.2) is 0 Å². The van der Waals surface area contributed by atoms with Crippen LogP contribution in [0.5, 0.6) is 11.5 Å². The van der Waals surface area contributed by atoms with Gasteiger partial charge in [0.15, 0.2) is 23.1 Å². The Morgan fingerprint density at radius 3 is 2.12 bits per heavy atom. The van der Waals surface area contributed by atoms with E-state index in [1.807, 2.05) is 36.4 Å². The van der Waals surface area contributed by atoms with Crippen molar-refractivity contribution in [1.29, 1.82) is 0 Å². The van der Waals surface area contributed by atoms with Crippen LogP contribution in [0.1, 0.15) is 82.9 Å². The Balaban J connectivity index is 1.69. The number of benzene rings is 2. The zero-order chi connectivity index (χ0) is 30.4. The van der Waals surface area contributed by atoms with Crippen LogP contribution in [0.2, 0.25) is 5.02 Å². The molecule has 42 heavy (non-hydrogen) atoms. The van der Waals surface area contributed by atoms with Crippen LogP contribution in [0.25, 0.3) is 0 Å². The van der Waals surface area contributed by atoms with Crippen molar-refractivity contribution in [3.05, 3.63) is 93.3 Å². The van der Waals surface area contributed by atoms with Crippen molar-refractivity contribution in [3.8, 4) is 11.5 Å². The highest BCUT2D eigenvalue weighted by Gasteiger charge is 2.48. The molecule has 0 aromatic heterocycles. The fraction of sp³-hybridized carbons (Fsp3) is 0.444. The van der Waals surface area contributed by atoms with Gasteiger partial charge in [-0.2, -0.15) is 0 Å². The quantitative estimate of drug-likeness (QED) is 0.290. The van der Waals surface area contributed by atoms with Gasteiger partial charge in [0.25, 0.3) is 0 Å². The standard InChI is InChI=1S/C36H42ClNO4/c1-8-11-23-15-24(16-30(41-7)34(23)42-21-22-12-10-13-25(37)14-22)31-32-26(17-35(3,4)19-28(32)39)38(9-2)27-18-36(5,6)20-29(40)33(27)31/h8,10,12-16,31H,1,9,11,17-21H2,2-7H3. The molecule has 0 radical (unpaired) electrons. The average Bonchev–Trinajstić information content (AvgIpc) is 2.89. The summed E-state index contributed by atoms with van der Waals surface area (Å²) in [5.41, 5.74) is 6.10. The molecule has 0 saturated heterocycles. The number of allylic oxidation sites excluding steroid dienone is 5. The van der Waals surface area contributed by atoms with Gasteiger partial charge in [-0.05, 0) is 66.3 Å². The van der Waals surface area contributed by atoms with Crippen LogP contribution < -0.4 is 9.47 Å². The minimum absolute atomic E-state index is 0.124. The molecule has 0 bridgehead atoms. The average molecular weight is 588 g/mol. The molecule has 222 valence electrons. The number of halogens is 1. The summed E-state index contributed by atoms with van der Waals surface area (Å²) < 4.78 is 12.3. The molecule has 0 unspecified atom stereocenters. The summed E-state index contributed by atoms with van der Waals surface area (Å²) in [6, 6.07) is 11.6. The largest absolute Gasteiger partial charge is 0.493 e. The number of carbonyl (C=O) groups excluding carboxylic acids is 2. The molecule has 0 spiro atoms. The van der Waals surface area contributed by atoms with Crippen molar-refractivity contribution < 1.29 is 19.1 Å². The highest BCUT2D eigenvalue weighted by Crippen LogP contribution is 2.55. The summed E-state index contributed by atoms with van der Waals surface area (Å²) >= 11 is 6.20. The smallest absolute Gasteiger partial charge is 0.165 e. The maximum atomic E-state index is 14.0. The molecule has 0 atom stereocenters. The van der Waals surface area contributed by atoms with Crippen LogP contribution in [-0.2, 0) is 22.6 Å². The summed E-state index contributed by atoms with van der Waals surface area (Å²) in [6.45, 7) is 15.8. The lowest BCUT2D eigenvalue weighted by Gasteiger charge is -2.49. The Labute approximate surface area is 255 Å². The summed E-state index contributed by atoms with van der Waals surface area (Å²) in [5, 5.41) is 0.650. The van der Waals surface area contributed by atoms with Gasteiger partial charge in [-0.3, -0.25) is 9.59 Å². The monoisotopic (exact) mass is 587 g/mol. The Morgan fingerprint density at radius 2 is 1.60 bits per heavy atom. The van der Waals surface area contributed by atoms with Crippen molar-refractivity contribution in [2.75, 3.05) is 13.7 Å². The first kappa shape index (κ1) is 30.2. The Morgan fingerprint density at radius 1 is 0.976 bits per heavy atom. The van der Waals surface area contributed by atoms with Crippen LogP contribution in [-0.4, -0.2) is 30.1 Å². The van der Waals surface area contributed by atoms with E-state index in [0.717, 1.165) is 58.6 Å². The zero-order valence-electron chi connectivity index (χ0n) is 25.7. The van der Waals surface area contributed by atoms with Crippen LogP contribution in [0, 0.1) is 10.8 Å². The van der Waals surface area contributed by atoms with Gasteiger partial charge >= 0.3 is 0 Å². The number of hydrogen-bond acceptors (Lipinski definition) is 5. The van der Waals surface area contributed by atoms with Gasteiger partial charge in [0, 0.05) is 58.4 Å². The van der Waals surface area contributed by atoms with Crippen LogP contribution in [0.4, 0.5) is 0 Å². The molecular weight excluding hydrogens is 546 g/mol. The summed E-state index contributed by atoms with van der Waals surface area (Å²) in [5.74, 6) is 1.01.